The molecule has 0 radical (unpaired) electrons. The number of amides is 1. The van der Waals surface area contributed by atoms with Crippen molar-refractivity contribution < 1.29 is 4.79 Å². The first-order valence-electron chi connectivity index (χ1n) is 14.7. The standard InChI is InChI=1S/C31H36N8O2/c1-4-23-24(9-10-32-29(23)38-13-12-37-26-8-6-5-7-20(26)16-27(37)31(38)41)21-15-25(30(40)36(3)18-21)33-28-17-22-19-35(2)11-14-39(22)34-28/h9-10,15-18H,4-8,11-14,19H2,1-3H3,(H,33,34). The summed E-state index contributed by atoms with van der Waals surface area (Å²) in [6.07, 6.45) is 8.82. The Morgan fingerprint density at radius 3 is 2.71 bits per heavy atom. The average Bonchev–Trinajstić information content (AvgIpc) is 3.56. The molecule has 1 N–H and O–H groups in total. The number of fused-ring (bicyclic) bond motifs is 4. The fraction of sp³-hybridized carbons (Fsp3) is 0.419. The summed E-state index contributed by atoms with van der Waals surface area (Å²) in [5, 5.41) is 7.97. The molecule has 0 saturated heterocycles. The molecular formula is C31H36N8O2. The third kappa shape index (κ3) is 4.37. The van der Waals surface area contributed by atoms with Gasteiger partial charge in [0.1, 0.15) is 17.2 Å². The predicted molar refractivity (Wildman–Crippen MR) is 159 cm³/mol. The number of hydrogen-bond donors (Lipinski definition) is 1. The number of nitrogens with zero attached hydrogens (tertiary/aromatic N) is 7. The molecule has 1 amide bonds. The van der Waals surface area contributed by atoms with Gasteiger partial charge in [-0.15, -0.1) is 0 Å². The van der Waals surface area contributed by atoms with Gasteiger partial charge in [-0.1, -0.05) is 6.92 Å². The van der Waals surface area contributed by atoms with E-state index in [1.165, 1.54) is 24.1 Å². The van der Waals surface area contributed by atoms with Crippen molar-refractivity contribution in [1.29, 1.82) is 0 Å². The summed E-state index contributed by atoms with van der Waals surface area (Å²) < 4.78 is 5.84. The van der Waals surface area contributed by atoms with Crippen LogP contribution in [0.3, 0.4) is 0 Å². The average molecular weight is 553 g/mol. The molecule has 0 spiro atoms. The molecule has 0 unspecified atom stereocenters. The second-order valence-electron chi connectivity index (χ2n) is 11.5. The van der Waals surface area contributed by atoms with Crippen LogP contribution in [0.5, 0.6) is 0 Å². The molecule has 0 fully saturated rings. The van der Waals surface area contributed by atoms with Gasteiger partial charge >= 0.3 is 0 Å². The summed E-state index contributed by atoms with van der Waals surface area (Å²) in [7, 11) is 3.86. The van der Waals surface area contributed by atoms with E-state index in [-0.39, 0.29) is 11.5 Å². The van der Waals surface area contributed by atoms with Crippen LogP contribution in [-0.4, -0.2) is 54.8 Å². The van der Waals surface area contributed by atoms with Gasteiger partial charge in [-0.05, 0) is 68.5 Å². The van der Waals surface area contributed by atoms with Crippen LogP contribution < -0.4 is 15.8 Å². The maximum atomic E-state index is 13.8. The Morgan fingerprint density at radius 1 is 1.00 bits per heavy atom. The molecule has 10 heteroatoms. The Balaban J connectivity index is 1.24. The van der Waals surface area contributed by atoms with Crippen LogP contribution in [0.1, 0.15) is 52.8 Å². The van der Waals surface area contributed by atoms with Gasteiger partial charge in [0.25, 0.3) is 11.5 Å². The Kier molecular flexibility index (Phi) is 6.30. The first kappa shape index (κ1) is 25.8. The fourth-order valence-electron chi connectivity index (χ4n) is 6.72. The molecule has 3 aliphatic rings. The lowest BCUT2D eigenvalue weighted by Crippen LogP contribution is -2.41. The zero-order valence-electron chi connectivity index (χ0n) is 24.0. The van der Waals surface area contributed by atoms with Crippen LogP contribution >= 0.6 is 0 Å². The Hall–Kier alpha value is -4.18. The highest BCUT2D eigenvalue weighted by molar-refractivity contribution is 6.06. The largest absolute Gasteiger partial charge is 0.339 e. The zero-order valence-corrected chi connectivity index (χ0v) is 24.0. The van der Waals surface area contributed by atoms with Crippen LogP contribution in [0.15, 0.2) is 41.5 Å². The molecule has 6 heterocycles. The number of aromatic nitrogens is 5. The van der Waals surface area contributed by atoms with Crippen LogP contribution in [0, 0.1) is 0 Å². The second-order valence-corrected chi connectivity index (χ2v) is 11.5. The molecule has 7 rings (SSSR count). The van der Waals surface area contributed by atoms with Crippen molar-refractivity contribution in [2.75, 3.05) is 30.4 Å². The van der Waals surface area contributed by atoms with Crippen LogP contribution in [0.4, 0.5) is 17.3 Å². The van der Waals surface area contributed by atoms with Crippen molar-refractivity contribution >= 4 is 23.2 Å². The fourth-order valence-corrected chi connectivity index (χ4v) is 6.72. The first-order valence-corrected chi connectivity index (χ1v) is 14.7. The van der Waals surface area contributed by atoms with Gasteiger partial charge in [0, 0.05) is 68.5 Å². The lowest BCUT2D eigenvalue weighted by Gasteiger charge is -2.31. The molecule has 1 aliphatic carbocycles. The van der Waals surface area contributed by atoms with E-state index < -0.39 is 0 Å². The maximum absolute atomic E-state index is 13.8. The molecule has 10 nitrogen and oxygen atoms in total. The molecule has 0 atom stereocenters. The zero-order chi connectivity index (χ0) is 28.2. The third-order valence-electron chi connectivity index (χ3n) is 8.81. The second kappa shape index (κ2) is 10.0. The highest BCUT2D eigenvalue weighted by Gasteiger charge is 2.32. The molecule has 2 aliphatic heterocycles. The first-order chi connectivity index (χ1) is 19.9. The lowest BCUT2D eigenvalue weighted by molar-refractivity contribution is 0.0963. The number of aryl methyl sites for hydroxylation is 2. The monoisotopic (exact) mass is 552 g/mol. The van der Waals surface area contributed by atoms with Gasteiger partial charge in [-0.2, -0.15) is 5.10 Å². The maximum Gasteiger partial charge on any atom is 0.276 e. The van der Waals surface area contributed by atoms with Crippen LogP contribution in [0.2, 0.25) is 0 Å². The molecular weight excluding hydrogens is 516 g/mol. The topological polar surface area (TPSA) is 93.2 Å². The van der Waals surface area contributed by atoms with Crippen molar-refractivity contribution in [3.8, 4) is 11.1 Å². The minimum Gasteiger partial charge on any atom is -0.339 e. The number of anilines is 3. The predicted octanol–water partition coefficient (Wildman–Crippen LogP) is 3.74. The van der Waals surface area contributed by atoms with Crippen molar-refractivity contribution in [2.24, 2.45) is 7.05 Å². The van der Waals surface area contributed by atoms with Crippen molar-refractivity contribution in [2.45, 2.75) is 58.7 Å². The van der Waals surface area contributed by atoms with Crippen molar-refractivity contribution in [3.63, 3.8) is 0 Å². The molecule has 4 aromatic rings. The van der Waals surface area contributed by atoms with E-state index in [0.717, 1.165) is 67.1 Å². The highest BCUT2D eigenvalue weighted by atomic mass is 16.2. The SMILES string of the molecule is CCc1c(-c2cc(Nc3cc4n(n3)CCN(C)C4)c(=O)n(C)c2)ccnc1N1CCn2c(cc3c2CCCC3)C1=O. The normalized spacial score (nSPS) is 16.9. The molecule has 0 bridgehead atoms. The summed E-state index contributed by atoms with van der Waals surface area (Å²) in [6, 6.07) is 7.99. The highest BCUT2D eigenvalue weighted by Crippen LogP contribution is 2.34. The number of carbonyl (C=O) groups is 1. The van der Waals surface area contributed by atoms with E-state index in [1.54, 1.807) is 17.8 Å². The van der Waals surface area contributed by atoms with Crippen molar-refractivity contribution in [3.05, 3.63) is 75.2 Å². The smallest absolute Gasteiger partial charge is 0.276 e. The number of nitrogens with one attached hydrogen (secondary N) is 1. The molecule has 0 saturated carbocycles. The summed E-state index contributed by atoms with van der Waals surface area (Å²) in [6.45, 7) is 6.07. The molecule has 212 valence electrons. The van der Waals surface area contributed by atoms with Gasteiger partial charge in [0.2, 0.25) is 0 Å². The Morgan fingerprint density at radius 2 is 1.85 bits per heavy atom. The van der Waals surface area contributed by atoms with Crippen molar-refractivity contribution in [1.82, 2.24) is 28.8 Å². The molecule has 4 aromatic heterocycles. The number of rotatable bonds is 5. The summed E-state index contributed by atoms with van der Waals surface area (Å²) >= 11 is 0. The quantitative estimate of drug-likeness (QED) is 0.406. The van der Waals surface area contributed by atoms with E-state index in [9.17, 15) is 9.59 Å². The minimum absolute atomic E-state index is 0.0159. The lowest BCUT2D eigenvalue weighted by atomic mass is 9.98. The number of hydrogen-bond acceptors (Lipinski definition) is 6. The summed E-state index contributed by atoms with van der Waals surface area (Å²) in [5.74, 6) is 1.39. The minimum atomic E-state index is -0.125. The molecule has 0 aromatic carbocycles. The van der Waals surface area contributed by atoms with E-state index in [2.05, 4.69) is 39.9 Å². The number of likely N-dealkylation sites (N-methyl/N-ethyl adjacent to an activating group) is 1. The van der Waals surface area contributed by atoms with E-state index in [1.807, 2.05) is 34.0 Å². The number of carbonyl (C=O) groups excluding carboxylic acids is 1. The van der Waals surface area contributed by atoms with E-state index in [4.69, 9.17) is 4.98 Å². The van der Waals surface area contributed by atoms with Gasteiger partial charge in [0.05, 0.1) is 12.2 Å². The van der Waals surface area contributed by atoms with Crippen LogP contribution in [-0.2, 0) is 45.9 Å². The van der Waals surface area contributed by atoms with Crippen LogP contribution in [0.25, 0.3) is 11.1 Å². The van der Waals surface area contributed by atoms with Gasteiger partial charge < -0.3 is 14.5 Å². The summed E-state index contributed by atoms with van der Waals surface area (Å²) in [5.41, 5.74) is 7.76. The number of pyridine rings is 2. The molecule has 41 heavy (non-hydrogen) atoms. The summed E-state index contributed by atoms with van der Waals surface area (Å²) in [4.78, 5) is 35.8. The van der Waals surface area contributed by atoms with E-state index >= 15 is 0 Å². The Bertz CT molecular complexity index is 1730. The van der Waals surface area contributed by atoms with Gasteiger partial charge in [-0.25, -0.2) is 4.98 Å². The van der Waals surface area contributed by atoms with Gasteiger partial charge in [-0.3, -0.25) is 24.1 Å². The third-order valence-corrected chi connectivity index (χ3v) is 8.81. The van der Waals surface area contributed by atoms with Gasteiger partial charge in [0.15, 0.2) is 5.82 Å². The van der Waals surface area contributed by atoms with E-state index in [0.29, 0.717) is 30.3 Å². The Labute approximate surface area is 239 Å².